The molecule has 1 amide bonds. The average molecular weight is 599 g/mol. The molecular weight excluding hydrogens is 575 g/mol. The fourth-order valence-corrected chi connectivity index (χ4v) is 3.93. The fraction of sp³-hybridized carbons (Fsp3) is 0.129. The Bertz CT molecular complexity index is 1550. The quantitative estimate of drug-likeness (QED) is 0.106. The van der Waals surface area contributed by atoms with Crippen LogP contribution in [0.25, 0.3) is 0 Å². The molecule has 0 saturated carbocycles. The lowest BCUT2D eigenvalue weighted by atomic mass is 10.0. The minimum Gasteiger partial charge on any atom is -0.457 e. The van der Waals surface area contributed by atoms with Crippen molar-refractivity contribution in [3.63, 3.8) is 0 Å². The maximum absolute atomic E-state index is 14.1. The summed E-state index contributed by atoms with van der Waals surface area (Å²) in [5, 5.41) is 2.29. The number of carbonyl (C=O) groups excluding carboxylic acids is 3. The van der Waals surface area contributed by atoms with E-state index in [4.69, 9.17) is 15.2 Å². The molecule has 4 aromatic carbocycles. The predicted molar refractivity (Wildman–Crippen MR) is 144 cm³/mol. The van der Waals surface area contributed by atoms with Gasteiger partial charge in [0.2, 0.25) is 11.7 Å². The SMILES string of the molecule is N[C@@H](Cc1c(F)c(F)c(F)c(F)c1F)C(=O)Nc1cc(C(=O)OCc2ccccc2)cc(C(=O)OCc2ccccc2)c1. The predicted octanol–water partition coefficient (Wildman–Crippen LogP) is 5.60. The highest BCUT2D eigenvalue weighted by Crippen LogP contribution is 2.24. The van der Waals surface area contributed by atoms with Gasteiger partial charge in [0.1, 0.15) is 13.2 Å². The lowest BCUT2D eigenvalue weighted by Gasteiger charge is -2.16. The minimum atomic E-state index is -2.35. The Kier molecular flexibility index (Phi) is 9.83. The lowest BCUT2D eigenvalue weighted by Crippen LogP contribution is -2.38. The van der Waals surface area contributed by atoms with Crippen LogP contribution in [-0.4, -0.2) is 23.9 Å². The third-order valence-electron chi connectivity index (χ3n) is 6.16. The lowest BCUT2D eigenvalue weighted by molar-refractivity contribution is -0.117. The van der Waals surface area contributed by atoms with Crippen LogP contribution in [-0.2, 0) is 33.9 Å². The van der Waals surface area contributed by atoms with Gasteiger partial charge < -0.3 is 20.5 Å². The Balaban J connectivity index is 1.56. The van der Waals surface area contributed by atoms with Crippen LogP contribution in [0.15, 0.2) is 78.9 Å². The number of carbonyl (C=O) groups is 3. The molecule has 0 saturated heterocycles. The van der Waals surface area contributed by atoms with Crippen LogP contribution in [0, 0.1) is 29.1 Å². The van der Waals surface area contributed by atoms with E-state index in [1.54, 1.807) is 60.7 Å². The zero-order chi connectivity index (χ0) is 31.1. The van der Waals surface area contributed by atoms with Gasteiger partial charge in [-0.1, -0.05) is 60.7 Å². The number of benzene rings is 4. The molecule has 0 aliphatic carbocycles. The Morgan fingerprint density at radius 2 is 1.07 bits per heavy atom. The first-order valence-electron chi connectivity index (χ1n) is 12.7. The second-order valence-electron chi connectivity index (χ2n) is 9.27. The van der Waals surface area contributed by atoms with Crippen molar-refractivity contribution in [1.29, 1.82) is 0 Å². The summed E-state index contributed by atoms with van der Waals surface area (Å²) in [5.74, 6) is -13.8. The van der Waals surface area contributed by atoms with Crippen LogP contribution in [0.3, 0.4) is 0 Å². The molecule has 12 heteroatoms. The third-order valence-corrected chi connectivity index (χ3v) is 6.16. The van der Waals surface area contributed by atoms with E-state index in [0.717, 1.165) is 12.1 Å². The minimum absolute atomic E-state index is 0.100. The molecule has 0 radical (unpaired) electrons. The molecule has 7 nitrogen and oxygen atoms in total. The van der Waals surface area contributed by atoms with Gasteiger partial charge >= 0.3 is 11.9 Å². The number of ether oxygens (including phenoxy) is 2. The second kappa shape index (κ2) is 13.7. The highest BCUT2D eigenvalue weighted by Gasteiger charge is 2.28. The zero-order valence-corrected chi connectivity index (χ0v) is 22.2. The van der Waals surface area contributed by atoms with Gasteiger partial charge in [0.15, 0.2) is 23.3 Å². The Morgan fingerprint density at radius 1 is 0.651 bits per heavy atom. The van der Waals surface area contributed by atoms with Crippen LogP contribution in [0.5, 0.6) is 0 Å². The third kappa shape index (κ3) is 7.60. The molecule has 0 aromatic heterocycles. The molecule has 4 aromatic rings. The van der Waals surface area contributed by atoms with Crippen LogP contribution in [0.4, 0.5) is 27.6 Å². The number of hydrogen-bond donors (Lipinski definition) is 2. The van der Waals surface area contributed by atoms with Crippen molar-refractivity contribution >= 4 is 23.5 Å². The summed E-state index contributed by atoms with van der Waals surface area (Å²) in [6, 6.07) is 19.1. The first-order valence-corrected chi connectivity index (χ1v) is 12.7. The zero-order valence-electron chi connectivity index (χ0n) is 22.2. The largest absolute Gasteiger partial charge is 0.457 e. The van der Waals surface area contributed by atoms with Crippen molar-refractivity contribution in [2.24, 2.45) is 5.73 Å². The Hall–Kier alpha value is -5.10. The number of esters is 2. The van der Waals surface area contributed by atoms with Crippen LogP contribution < -0.4 is 11.1 Å². The number of rotatable bonds is 10. The molecule has 0 fully saturated rings. The molecule has 1 atom stereocenters. The van der Waals surface area contributed by atoms with E-state index in [9.17, 15) is 36.3 Å². The van der Waals surface area contributed by atoms with E-state index in [-0.39, 0.29) is 30.0 Å². The van der Waals surface area contributed by atoms with Crippen LogP contribution in [0.2, 0.25) is 0 Å². The van der Waals surface area contributed by atoms with E-state index in [2.05, 4.69) is 5.32 Å². The van der Waals surface area contributed by atoms with Crippen molar-refractivity contribution in [1.82, 2.24) is 0 Å². The van der Waals surface area contributed by atoms with E-state index < -0.39 is 65.0 Å². The monoisotopic (exact) mass is 598 g/mol. The summed E-state index contributed by atoms with van der Waals surface area (Å²) in [5.41, 5.74) is 5.34. The molecule has 0 bridgehead atoms. The molecule has 0 aliphatic heterocycles. The Morgan fingerprint density at radius 3 is 1.51 bits per heavy atom. The van der Waals surface area contributed by atoms with E-state index in [0.29, 0.717) is 11.1 Å². The topological polar surface area (TPSA) is 108 Å². The normalized spacial score (nSPS) is 11.5. The van der Waals surface area contributed by atoms with Gasteiger partial charge in [0.05, 0.1) is 17.2 Å². The highest BCUT2D eigenvalue weighted by molar-refractivity contribution is 6.00. The van der Waals surface area contributed by atoms with Crippen molar-refractivity contribution in [3.8, 4) is 0 Å². The Labute approximate surface area is 242 Å². The summed E-state index contributed by atoms with van der Waals surface area (Å²) in [7, 11) is 0. The van der Waals surface area contributed by atoms with Crippen molar-refractivity contribution in [3.05, 3.63) is 136 Å². The molecule has 0 spiro atoms. The summed E-state index contributed by atoms with van der Waals surface area (Å²) in [6.07, 6.45) is -1.05. The number of nitrogens with one attached hydrogen (secondary N) is 1. The summed E-state index contributed by atoms with van der Waals surface area (Å²) < 4.78 is 79.4. The summed E-state index contributed by atoms with van der Waals surface area (Å²) in [6.45, 7) is -0.201. The number of nitrogens with two attached hydrogens (primary N) is 1. The van der Waals surface area contributed by atoms with Gasteiger partial charge in [0.25, 0.3) is 0 Å². The summed E-state index contributed by atoms with van der Waals surface area (Å²) >= 11 is 0. The molecule has 3 N–H and O–H groups in total. The number of halogens is 5. The van der Waals surface area contributed by atoms with Crippen molar-refractivity contribution < 1.29 is 45.8 Å². The van der Waals surface area contributed by atoms with Gasteiger partial charge in [-0.2, -0.15) is 0 Å². The van der Waals surface area contributed by atoms with Crippen molar-refractivity contribution in [2.45, 2.75) is 25.7 Å². The molecule has 0 unspecified atom stereocenters. The van der Waals surface area contributed by atoms with Crippen molar-refractivity contribution in [2.75, 3.05) is 5.32 Å². The second-order valence-corrected chi connectivity index (χ2v) is 9.27. The highest BCUT2D eigenvalue weighted by atomic mass is 19.2. The van der Waals surface area contributed by atoms with E-state index in [1.807, 2.05) is 0 Å². The number of anilines is 1. The first-order chi connectivity index (χ1) is 20.5. The molecule has 43 heavy (non-hydrogen) atoms. The van der Waals surface area contributed by atoms with Crippen LogP contribution >= 0.6 is 0 Å². The molecule has 222 valence electrons. The standard InChI is InChI=1S/C31H23F5N2O5/c32-24-22(25(33)27(35)28(36)26(24)34)14-23(37)29(39)38-21-12-19(30(40)42-15-17-7-3-1-4-8-17)11-20(13-21)31(41)43-16-18-9-5-2-6-10-18/h1-13,23H,14-16,37H2,(H,38,39)/t23-/m0/s1. The van der Waals surface area contributed by atoms with E-state index in [1.165, 1.54) is 6.07 Å². The molecule has 0 aliphatic rings. The van der Waals surface area contributed by atoms with Gasteiger partial charge in [-0.3, -0.25) is 4.79 Å². The maximum Gasteiger partial charge on any atom is 0.338 e. The van der Waals surface area contributed by atoms with Gasteiger partial charge in [-0.15, -0.1) is 0 Å². The van der Waals surface area contributed by atoms with Crippen LogP contribution in [0.1, 0.15) is 37.4 Å². The first kappa shape index (κ1) is 30.8. The fourth-order valence-electron chi connectivity index (χ4n) is 3.93. The molecule has 0 heterocycles. The number of amides is 1. The van der Waals surface area contributed by atoms with Gasteiger partial charge in [0, 0.05) is 17.7 Å². The summed E-state index contributed by atoms with van der Waals surface area (Å²) in [4.78, 5) is 38.5. The number of hydrogen-bond acceptors (Lipinski definition) is 6. The van der Waals surface area contributed by atoms with E-state index >= 15 is 0 Å². The average Bonchev–Trinajstić information content (AvgIpc) is 3.03. The molecular formula is C31H23F5N2O5. The smallest absolute Gasteiger partial charge is 0.338 e. The maximum atomic E-state index is 14.1. The molecule has 4 rings (SSSR count). The van der Waals surface area contributed by atoms with Gasteiger partial charge in [-0.05, 0) is 29.3 Å². The van der Waals surface area contributed by atoms with Gasteiger partial charge in [-0.25, -0.2) is 31.5 Å².